The van der Waals surface area contributed by atoms with Crippen LogP contribution < -0.4 is 5.32 Å². The highest BCUT2D eigenvalue weighted by atomic mass is 32.2. The lowest BCUT2D eigenvalue weighted by Gasteiger charge is -2.13. The normalized spacial score (nSPS) is 15.2. The summed E-state index contributed by atoms with van der Waals surface area (Å²) in [6.07, 6.45) is 4.86. The smallest absolute Gasteiger partial charge is 0.293 e. The summed E-state index contributed by atoms with van der Waals surface area (Å²) in [7, 11) is 0. The quantitative estimate of drug-likeness (QED) is 0.387. The van der Waals surface area contributed by atoms with E-state index in [0.29, 0.717) is 12.1 Å². The number of hydrogen-bond acceptors (Lipinski definition) is 8. The van der Waals surface area contributed by atoms with Gasteiger partial charge in [-0.3, -0.25) is 34.1 Å². The van der Waals surface area contributed by atoms with E-state index in [1.54, 1.807) is 6.20 Å². The predicted molar refractivity (Wildman–Crippen MR) is 103 cm³/mol. The molecule has 11 nitrogen and oxygen atoms in total. The molecule has 1 fully saturated rings. The molecular weight excluding hydrogens is 400 g/mol. The van der Waals surface area contributed by atoms with Gasteiger partial charge in [0.2, 0.25) is 5.91 Å². The van der Waals surface area contributed by atoms with E-state index in [9.17, 15) is 24.5 Å². The van der Waals surface area contributed by atoms with Gasteiger partial charge in [-0.25, -0.2) is 0 Å². The van der Waals surface area contributed by atoms with Crippen LogP contribution in [0.3, 0.4) is 0 Å². The van der Waals surface area contributed by atoms with E-state index in [0.717, 1.165) is 16.7 Å². The number of nitrogens with one attached hydrogen (secondary N) is 1. The molecule has 3 amide bonds. The van der Waals surface area contributed by atoms with Crippen LogP contribution in [0.1, 0.15) is 12.0 Å². The molecule has 0 saturated carbocycles. The van der Waals surface area contributed by atoms with Gasteiger partial charge in [-0.2, -0.15) is 0 Å². The highest BCUT2D eigenvalue weighted by Gasteiger charge is 2.34. The Kier molecular flexibility index (Phi) is 6.34. The molecule has 2 heterocycles. The summed E-state index contributed by atoms with van der Waals surface area (Å²) in [6.45, 7) is 0.571. The SMILES string of the molecule is O=C(CCn1ccnn1)NCCN1C(=O)S/C(=C\c2ccc([N+](=O)[O-])cc2)C1=O. The van der Waals surface area contributed by atoms with Crippen LogP contribution in [0.4, 0.5) is 10.5 Å². The number of nitro benzene ring substituents is 1. The third-order valence-electron chi connectivity index (χ3n) is 3.97. The van der Waals surface area contributed by atoms with E-state index >= 15 is 0 Å². The van der Waals surface area contributed by atoms with Crippen LogP contribution in [-0.4, -0.2) is 55.0 Å². The molecule has 0 radical (unpaired) electrons. The van der Waals surface area contributed by atoms with Gasteiger partial charge in [-0.15, -0.1) is 5.10 Å². The number of amides is 3. The number of non-ortho nitro benzene ring substituents is 1. The number of nitro groups is 1. The molecule has 2 aromatic rings. The number of benzene rings is 1. The summed E-state index contributed by atoms with van der Waals surface area (Å²) in [6, 6.07) is 5.65. The van der Waals surface area contributed by atoms with Crippen LogP contribution in [-0.2, 0) is 16.1 Å². The van der Waals surface area contributed by atoms with Crippen LogP contribution in [0.5, 0.6) is 0 Å². The van der Waals surface area contributed by atoms with Crippen molar-refractivity contribution in [2.75, 3.05) is 13.1 Å². The van der Waals surface area contributed by atoms with Crippen molar-refractivity contribution >= 4 is 40.6 Å². The number of aryl methyl sites for hydroxylation is 1. The zero-order chi connectivity index (χ0) is 20.8. The second-order valence-electron chi connectivity index (χ2n) is 5.95. The summed E-state index contributed by atoms with van der Waals surface area (Å²) in [5.74, 6) is -0.691. The first-order valence-electron chi connectivity index (χ1n) is 8.54. The minimum absolute atomic E-state index is 0.0529. The molecule has 0 unspecified atom stereocenters. The molecule has 0 spiro atoms. The van der Waals surface area contributed by atoms with Gasteiger partial charge in [0.05, 0.1) is 22.6 Å². The van der Waals surface area contributed by atoms with Crippen LogP contribution in [0.15, 0.2) is 41.6 Å². The molecule has 0 atom stereocenters. The summed E-state index contributed by atoms with van der Waals surface area (Å²) in [5.41, 5.74) is 0.511. The number of aromatic nitrogens is 3. The van der Waals surface area contributed by atoms with Gasteiger partial charge in [-0.05, 0) is 35.5 Å². The average Bonchev–Trinajstić information content (AvgIpc) is 3.30. The third-order valence-corrected chi connectivity index (χ3v) is 4.88. The highest BCUT2D eigenvalue weighted by Crippen LogP contribution is 2.32. The fraction of sp³-hybridized carbons (Fsp3) is 0.235. The maximum Gasteiger partial charge on any atom is 0.293 e. The molecule has 3 rings (SSSR count). The Bertz CT molecular complexity index is 957. The summed E-state index contributed by atoms with van der Waals surface area (Å²) >= 11 is 0.788. The standard InChI is InChI=1S/C17H16N6O5S/c24-15(5-8-21-9-7-19-20-21)18-6-10-22-16(25)14(29-17(22)26)11-12-1-3-13(4-2-12)23(27)28/h1-4,7,9,11H,5-6,8,10H2,(H,18,24)/b14-11-. The van der Waals surface area contributed by atoms with Gasteiger partial charge < -0.3 is 5.32 Å². The van der Waals surface area contributed by atoms with Crippen molar-refractivity contribution in [1.29, 1.82) is 0 Å². The fourth-order valence-electron chi connectivity index (χ4n) is 2.50. The lowest BCUT2D eigenvalue weighted by molar-refractivity contribution is -0.384. The van der Waals surface area contributed by atoms with Crippen LogP contribution in [0.2, 0.25) is 0 Å². The molecule has 0 aliphatic carbocycles. The first-order valence-corrected chi connectivity index (χ1v) is 9.36. The van der Waals surface area contributed by atoms with Gasteiger partial charge >= 0.3 is 0 Å². The first-order chi connectivity index (χ1) is 13.9. The van der Waals surface area contributed by atoms with E-state index in [2.05, 4.69) is 15.6 Å². The van der Waals surface area contributed by atoms with Crippen molar-refractivity contribution in [3.63, 3.8) is 0 Å². The molecule has 1 aromatic carbocycles. The Hall–Kier alpha value is -3.54. The zero-order valence-corrected chi connectivity index (χ0v) is 15.9. The Labute approximate surface area is 168 Å². The van der Waals surface area contributed by atoms with E-state index in [1.165, 1.54) is 41.2 Å². The molecule has 1 saturated heterocycles. The lowest BCUT2D eigenvalue weighted by Crippen LogP contribution is -2.37. The Morgan fingerprint density at radius 2 is 2.00 bits per heavy atom. The topological polar surface area (TPSA) is 140 Å². The maximum absolute atomic E-state index is 12.4. The largest absolute Gasteiger partial charge is 0.354 e. The summed E-state index contributed by atoms with van der Waals surface area (Å²) < 4.78 is 1.53. The minimum atomic E-state index is -0.516. The van der Waals surface area contributed by atoms with Crippen LogP contribution in [0, 0.1) is 10.1 Å². The lowest BCUT2D eigenvalue weighted by atomic mass is 10.2. The van der Waals surface area contributed by atoms with Crippen LogP contribution >= 0.6 is 11.8 Å². The Morgan fingerprint density at radius 1 is 1.24 bits per heavy atom. The number of carbonyl (C=O) groups excluding carboxylic acids is 3. The second-order valence-corrected chi connectivity index (χ2v) is 6.94. The van der Waals surface area contributed by atoms with E-state index in [4.69, 9.17) is 0 Å². The van der Waals surface area contributed by atoms with Gasteiger partial charge in [0.1, 0.15) is 0 Å². The van der Waals surface area contributed by atoms with E-state index < -0.39 is 16.1 Å². The zero-order valence-electron chi connectivity index (χ0n) is 15.1. The molecule has 150 valence electrons. The molecule has 12 heteroatoms. The number of imide groups is 1. The predicted octanol–water partition coefficient (Wildman–Crippen LogP) is 1.43. The number of rotatable bonds is 8. The summed E-state index contributed by atoms with van der Waals surface area (Å²) in [4.78, 5) is 47.8. The Morgan fingerprint density at radius 3 is 2.66 bits per heavy atom. The number of nitrogens with zero attached hydrogens (tertiary/aromatic N) is 5. The van der Waals surface area contributed by atoms with Gasteiger partial charge in [0, 0.05) is 37.8 Å². The molecule has 0 bridgehead atoms. The van der Waals surface area contributed by atoms with Crippen molar-refractivity contribution in [3.05, 3.63) is 57.2 Å². The third kappa shape index (κ3) is 5.25. The molecule has 1 aliphatic rings. The van der Waals surface area contributed by atoms with Crippen LogP contribution in [0.25, 0.3) is 6.08 Å². The van der Waals surface area contributed by atoms with Gasteiger partial charge in [0.25, 0.3) is 16.8 Å². The minimum Gasteiger partial charge on any atom is -0.354 e. The Balaban J connectivity index is 1.50. The maximum atomic E-state index is 12.4. The van der Waals surface area contributed by atoms with Gasteiger partial charge in [-0.1, -0.05) is 5.21 Å². The molecule has 29 heavy (non-hydrogen) atoms. The first kappa shape index (κ1) is 20.2. The second kappa shape index (κ2) is 9.10. The van der Waals surface area contributed by atoms with Gasteiger partial charge in [0.15, 0.2) is 0 Å². The van der Waals surface area contributed by atoms with E-state index in [-0.39, 0.29) is 36.0 Å². The summed E-state index contributed by atoms with van der Waals surface area (Å²) in [5, 5.41) is 20.3. The van der Waals surface area contributed by atoms with E-state index in [1.807, 2.05) is 0 Å². The average molecular weight is 416 g/mol. The fourth-order valence-corrected chi connectivity index (χ4v) is 3.37. The van der Waals surface area contributed by atoms with Crippen molar-refractivity contribution in [2.24, 2.45) is 0 Å². The molecule has 1 N–H and O–H groups in total. The molecular formula is C17H16N6O5S. The molecule has 1 aromatic heterocycles. The van der Waals surface area contributed by atoms with Crippen molar-refractivity contribution in [2.45, 2.75) is 13.0 Å². The van der Waals surface area contributed by atoms with Crippen molar-refractivity contribution < 1.29 is 19.3 Å². The van der Waals surface area contributed by atoms with Crippen molar-refractivity contribution in [3.8, 4) is 0 Å². The molecule has 1 aliphatic heterocycles. The number of carbonyl (C=O) groups is 3. The monoisotopic (exact) mass is 416 g/mol. The van der Waals surface area contributed by atoms with Crippen molar-refractivity contribution in [1.82, 2.24) is 25.2 Å². The number of hydrogen-bond donors (Lipinski definition) is 1. The highest BCUT2D eigenvalue weighted by molar-refractivity contribution is 8.18. The number of thioether (sulfide) groups is 1.